The van der Waals surface area contributed by atoms with Crippen LogP contribution in [-0.4, -0.2) is 103 Å². The summed E-state index contributed by atoms with van der Waals surface area (Å²) in [5.41, 5.74) is 2.40. The molecule has 1 aromatic rings. The first kappa shape index (κ1) is 35.5. The van der Waals surface area contributed by atoms with Crippen molar-refractivity contribution >= 4 is 35.3 Å². The van der Waals surface area contributed by atoms with Crippen molar-refractivity contribution in [1.29, 1.82) is 0 Å². The maximum absolute atomic E-state index is 14.5. The Morgan fingerprint density at radius 1 is 1.04 bits per heavy atom. The van der Waals surface area contributed by atoms with Crippen LogP contribution in [0.1, 0.15) is 71.8 Å². The number of likely N-dealkylation sites (tertiary alicyclic amines) is 1. The first-order valence-electron chi connectivity index (χ1n) is 17.4. The molecule has 50 heavy (non-hydrogen) atoms. The van der Waals surface area contributed by atoms with Gasteiger partial charge in [0.1, 0.15) is 37.0 Å². The molecule has 1 aliphatic carbocycles. The molecule has 3 fully saturated rings. The highest BCUT2D eigenvalue weighted by molar-refractivity contribution is 6.38. The van der Waals surface area contributed by atoms with Crippen LogP contribution in [-0.2, 0) is 33.5 Å². The largest absolute Gasteiger partial charge is 0.486 e. The summed E-state index contributed by atoms with van der Waals surface area (Å²) in [5, 5.41) is 8.21. The van der Waals surface area contributed by atoms with Gasteiger partial charge in [0.25, 0.3) is 5.91 Å². The Hall–Kier alpha value is -4.37. The van der Waals surface area contributed by atoms with E-state index < -0.39 is 64.8 Å². The summed E-state index contributed by atoms with van der Waals surface area (Å²) in [7, 11) is 0. The molecule has 1 saturated carbocycles. The molecule has 5 aliphatic rings. The van der Waals surface area contributed by atoms with Crippen LogP contribution in [0.4, 0.5) is 4.79 Å². The van der Waals surface area contributed by atoms with Crippen LogP contribution in [0.3, 0.4) is 0 Å². The van der Waals surface area contributed by atoms with E-state index >= 15 is 0 Å². The molecule has 4 N–H and O–H groups in total. The zero-order valence-corrected chi connectivity index (χ0v) is 29.0. The minimum Gasteiger partial charge on any atom is -0.486 e. The normalized spacial score (nSPS) is 25.3. The zero-order chi connectivity index (χ0) is 35.6. The molecular weight excluding hydrogens is 650 g/mol. The first-order chi connectivity index (χ1) is 23.9. The number of nitrogens with one attached hydrogen (secondary N) is 4. The molecule has 4 amide bonds. The second kappa shape index (κ2) is 14.5. The van der Waals surface area contributed by atoms with E-state index in [0.717, 1.165) is 18.4 Å². The Labute approximate surface area is 291 Å². The number of ether oxygens (including phenoxy) is 4. The highest BCUT2D eigenvalue weighted by Gasteiger charge is 2.54. The molecule has 6 rings (SSSR count). The van der Waals surface area contributed by atoms with E-state index in [1.165, 1.54) is 4.90 Å². The molecule has 15 nitrogen and oxygen atoms in total. The van der Waals surface area contributed by atoms with Crippen molar-refractivity contribution in [3.8, 4) is 11.5 Å². The molecule has 2 saturated heterocycles. The predicted molar refractivity (Wildman–Crippen MR) is 178 cm³/mol. The second-order valence-corrected chi connectivity index (χ2v) is 14.7. The third-order valence-corrected chi connectivity index (χ3v) is 9.45. The van der Waals surface area contributed by atoms with Gasteiger partial charge >= 0.3 is 6.09 Å². The number of alkyl carbamates (subject to hydrolysis) is 1. The van der Waals surface area contributed by atoms with Gasteiger partial charge in [0.05, 0.1) is 31.5 Å². The lowest BCUT2D eigenvalue weighted by atomic mass is 9.85. The number of Topliss-reactive ketones (excluding diaryl/α,β-unsaturated/α-hetero) is 1. The number of carbonyl (C=O) groups is 5. The van der Waals surface area contributed by atoms with Crippen LogP contribution < -0.4 is 30.9 Å². The number of hydrogen-bond acceptors (Lipinski definition) is 11. The summed E-state index contributed by atoms with van der Waals surface area (Å²) >= 11 is 0. The van der Waals surface area contributed by atoms with Gasteiger partial charge in [-0.3, -0.25) is 29.5 Å². The van der Waals surface area contributed by atoms with Gasteiger partial charge in [-0.05, 0) is 49.0 Å². The molecule has 0 aromatic heterocycles. The summed E-state index contributed by atoms with van der Waals surface area (Å²) in [6, 6.07) is 2.19. The molecular formula is C35H47N5O10. The highest BCUT2D eigenvalue weighted by Crippen LogP contribution is 2.40. The van der Waals surface area contributed by atoms with Crippen molar-refractivity contribution in [3.05, 3.63) is 29.8 Å². The number of nitrogens with zero attached hydrogens (tertiary/aromatic N) is 1. The Morgan fingerprint density at radius 3 is 2.48 bits per heavy atom. The lowest BCUT2D eigenvalue weighted by molar-refractivity contribution is -0.144. The Bertz CT molecular complexity index is 1530. The number of amides is 4. The van der Waals surface area contributed by atoms with Gasteiger partial charge in [-0.1, -0.05) is 34.1 Å². The third kappa shape index (κ3) is 7.99. The predicted octanol–water partition coefficient (Wildman–Crippen LogP) is 1.74. The van der Waals surface area contributed by atoms with Gasteiger partial charge in [0, 0.05) is 24.4 Å². The number of rotatable bonds is 11. The summed E-state index contributed by atoms with van der Waals surface area (Å²) in [4.78, 5) is 75.0. The van der Waals surface area contributed by atoms with E-state index in [0.29, 0.717) is 49.9 Å². The molecule has 5 atom stereocenters. The second-order valence-electron chi connectivity index (χ2n) is 14.7. The summed E-state index contributed by atoms with van der Waals surface area (Å²) in [5.74, 6) is -1.38. The van der Waals surface area contributed by atoms with E-state index in [1.54, 1.807) is 26.8 Å². The number of ketones is 1. The van der Waals surface area contributed by atoms with Gasteiger partial charge in [0.2, 0.25) is 17.6 Å². The molecule has 15 heteroatoms. The van der Waals surface area contributed by atoms with Crippen molar-refractivity contribution < 1.29 is 47.8 Å². The summed E-state index contributed by atoms with van der Waals surface area (Å²) in [6.45, 7) is 8.85. The molecule has 1 aromatic carbocycles. The zero-order valence-electron chi connectivity index (χ0n) is 29.0. The fourth-order valence-corrected chi connectivity index (χ4v) is 6.57. The van der Waals surface area contributed by atoms with Crippen molar-refractivity contribution in [2.45, 2.75) is 102 Å². The van der Waals surface area contributed by atoms with Crippen molar-refractivity contribution in [2.75, 3.05) is 33.0 Å². The fourth-order valence-electron chi connectivity index (χ4n) is 6.57. The van der Waals surface area contributed by atoms with Gasteiger partial charge in [-0.2, -0.15) is 0 Å². The lowest BCUT2D eigenvalue weighted by Crippen LogP contribution is -2.59. The number of hydrogen-bond donors (Lipinski definition) is 4. The van der Waals surface area contributed by atoms with Crippen molar-refractivity contribution in [1.82, 2.24) is 26.3 Å². The van der Waals surface area contributed by atoms with Crippen LogP contribution in [0.25, 0.3) is 5.70 Å². The average Bonchev–Trinajstić information content (AvgIpc) is 3.43. The van der Waals surface area contributed by atoms with Gasteiger partial charge in [-0.15, -0.1) is 0 Å². The molecule has 1 spiro atoms. The van der Waals surface area contributed by atoms with E-state index in [4.69, 9.17) is 23.8 Å². The van der Waals surface area contributed by atoms with E-state index in [2.05, 4.69) is 21.4 Å². The Morgan fingerprint density at radius 2 is 1.80 bits per heavy atom. The summed E-state index contributed by atoms with van der Waals surface area (Å²) < 4.78 is 22.2. The van der Waals surface area contributed by atoms with Crippen LogP contribution in [0, 0.1) is 5.41 Å². The van der Waals surface area contributed by atoms with E-state index in [9.17, 15) is 24.0 Å². The number of fused-ring (bicyclic) bond motifs is 1. The fraction of sp³-hybridized carbons (Fsp3) is 0.629. The number of carbonyl (C=O) groups excluding carboxylic acids is 5. The average molecular weight is 698 g/mol. The SMILES string of the molecule is CCC[C@H](NC(=O)[C@@H]1C[C@]2(C=C(c3ccc4c(c3)OCCO4)NO2)CN1C(=O)[C@@H](NC(=O)O[C@H]1CCOC1)C(C)(C)C)C(=O)C(=O)NC1CC1. The molecule has 272 valence electrons. The van der Waals surface area contributed by atoms with Crippen LogP contribution in [0.2, 0.25) is 0 Å². The quantitative estimate of drug-likeness (QED) is 0.247. The Kier molecular flexibility index (Phi) is 10.3. The highest BCUT2D eigenvalue weighted by atomic mass is 16.7. The first-order valence-corrected chi connectivity index (χ1v) is 17.4. The molecule has 4 heterocycles. The van der Waals surface area contributed by atoms with Crippen LogP contribution in [0.15, 0.2) is 24.3 Å². The third-order valence-electron chi connectivity index (χ3n) is 9.45. The lowest BCUT2D eigenvalue weighted by Gasteiger charge is -2.35. The van der Waals surface area contributed by atoms with Crippen molar-refractivity contribution in [3.63, 3.8) is 0 Å². The van der Waals surface area contributed by atoms with Gasteiger partial charge in [0.15, 0.2) is 11.5 Å². The molecule has 0 bridgehead atoms. The minimum atomic E-state index is -1.14. The molecule has 4 aliphatic heterocycles. The number of benzene rings is 1. The van der Waals surface area contributed by atoms with Crippen molar-refractivity contribution in [2.24, 2.45) is 5.41 Å². The van der Waals surface area contributed by atoms with Crippen LogP contribution in [0.5, 0.6) is 11.5 Å². The smallest absolute Gasteiger partial charge is 0.408 e. The molecule has 0 unspecified atom stereocenters. The van der Waals surface area contributed by atoms with Crippen LogP contribution >= 0.6 is 0 Å². The van der Waals surface area contributed by atoms with E-state index in [-0.39, 0.29) is 32.0 Å². The molecule has 0 radical (unpaired) electrons. The monoisotopic (exact) mass is 697 g/mol. The summed E-state index contributed by atoms with van der Waals surface area (Å²) in [6.07, 6.45) is 3.62. The van der Waals surface area contributed by atoms with Gasteiger partial charge < -0.3 is 39.8 Å². The maximum atomic E-state index is 14.5. The Balaban J connectivity index is 1.26. The minimum absolute atomic E-state index is 0.0239. The maximum Gasteiger partial charge on any atom is 0.408 e. The topological polar surface area (TPSA) is 183 Å². The standard InChI is InChI=1S/C35H47N5O10/c1-5-6-23(28(41)31(43)36-21-8-9-21)37-30(42)25-17-35(16-24(39-50-35)20-7-10-26-27(15-20)48-14-13-47-26)19-40(25)32(44)29(34(2,3)4)38-33(45)49-22-11-12-46-18-22/h7,10,15-16,21-23,25,29,39H,5-6,8-9,11-14,17-19H2,1-4H3,(H,36,43)(H,37,42)(H,38,45)/t22-,23-,25-,29+,35+/m0/s1. The van der Waals surface area contributed by atoms with Gasteiger partial charge in [-0.25, -0.2) is 4.79 Å². The van der Waals surface area contributed by atoms with E-state index in [1.807, 2.05) is 25.1 Å². The number of hydroxylamine groups is 1.